The number of nitrogens with zero attached hydrogens (tertiary/aromatic N) is 3. The average Bonchev–Trinajstić information content (AvgIpc) is 2.47. The van der Waals surface area contributed by atoms with Crippen molar-refractivity contribution in [2.24, 2.45) is 0 Å². The molecule has 0 saturated heterocycles. The van der Waals surface area contributed by atoms with Crippen LogP contribution in [0.5, 0.6) is 11.8 Å². The molecular weight excluding hydrogens is 298 g/mol. The second kappa shape index (κ2) is 5.79. The monoisotopic (exact) mass is 311 g/mol. The van der Waals surface area contributed by atoms with E-state index in [2.05, 4.69) is 20.1 Å². The van der Waals surface area contributed by atoms with Gasteiger partial charge in [0.2, 0.25) is 0 Å². The molecule has 9 nitrogen and oxygen atoms in total. The number of ether oxygens (including phenoxy) is 2. The lowest BCUT2D eigenvalue weighted by Crippen LogP contribution is -2.17. The molecule has 1 aromatic carbocycles. The van der Waals surface area contributed by atoms with Crippen LogP contribution in [-0.4, -0.2) is 38.0 Å². The summed E-state index contributed by atoms with van der Waals surface area (Å²) in [6.45, 7) is 0. The normalized spacial score (nSPS) is 11.0. The molecule has 10 heteroatoms. The Morgan fingerprint density at radius 3 is 2.19 bits per heavy atom. The second-order valence-corrected chi connectivity index (χ2v) is 5.48. The van der Waals surface area contributed by atoms with Crippen LogP contribution < -0.4 is 19.9 Å². The lowest BCUT2D eigenvalue weighted by molar-refractivity contribution is 0.363. The van der Waals surface area contributed by atoms with Crippen LogP contribution in [-0.2, 0) is 10.0 Å². The number of methoxy groups -OCH3 is 2. The number of nitrogens with one attached hydrogen (secondary N) is 1. The maximum Gasteiger partial charge on any atom is 0.265 e. The van der Waals surface area contributed by atoms with Gasteiger partial charge in [-0.25, -0.2) is 8.42 Å². The van der Waals surface area contributed by atoms with E-state index < -0.39 is 10.0 Å². The van der Waals surface area contributed by atoms with E-state index in [9.17, 15) is 8.42 Å². The maximum absolute atomic E-state index is 12.4. The summed E-state index contributed by atoms with van der Waals surface area (Å²) in [5.74, 6) is -0.139. The van der Waals surface area contributed by atoms with Gasteiger partial charge in [-0.2, -0.15) is 0 Å². The molecule has 2 aromatic rings. The van der Waals surface area contributed by atoms with Crippen LogP contribution in [0, 0.1) is 0 Å². The molecule has 0 amide bonds. The summed E-state index contributed by atoms with van der Waals surface area (Å²) in [6, 6.07) is 6.04. The van der Waals surface area contributed by atoms with Crippen molar-refractivity contribution < 1.29 is 17.9 Å². The van der Waals surface area contributed by atoms with E-state index in [0.717, 1.165) is 0 Å². The molecular formula is C11H13N5O4S. The van der Waals surface area contributed by atoms with Crippen LogP contribution in [0.2, 0.25) is 0 Å². The highest BCUT2D eigenvalue weighted by Crippen LogP contribution is 2.32. The van der Waals surface area contributed by atoms with Crippen molar-refractivity contribution in [1.82, 2.24) is 15.4 Å². The van der Waals surface area contributed by atoms with Gasteiger partial charge in [0.15, 0.2) is 5.69 Å². The summed E-state index contributed by atoms with van der Waals surface area (Å²) in [6.07, 6.45) is 0. The summed E-state index contributed by atoms with van der Waals surface area (Å²) >= 11 is 0. The van der Waals surface area contributed by atoms with Gasteiger partial charge >= 0.3 is 0 Å². The molecule has 0 aliphatic heterocycles. The second-order valence-electron chi connectivity index (χ2n) is 3.83. The first-order valence-electron chi connectivity index (χ1n) is 5.68. The van der Waals surface area contributed by atoms with Crippen molar-refractivity contribution in [3.05, 3.63) is 24.3 Å². The Hall–Kier alpha value is -2.62. The lowest BCUT2D eigenvalue weighted by atomic mass is 10.3. The molecule has 0 unspecified atom stereocenters. The number of rotatable bonds is 5. The minimum Gasteiger partial charge on any atom is -0.478 e. The third-order valence-electron chi connectivity index (χ3n) is 2.53. The first-order valence-corrected chi connectivity index (χ1v) is 7.16. The highest BCUT2D eigenvalue weighted by molar-refractivity contribution is 7.92. The van der Waals surface area contributed by atoms with Gasteiger partial charge in [0.05, 0.1) is 19.9 Å². The maximum atomic E-state index is 12.4. The molecule has 0 saturated carbocycles. The number of nitrogens with two attached hydrogens (primary N) is 1. The Bertz CT molecular complexity index is 728. The van der Waals surface area contributed by atoms with Crippen molar-refractivity contribution >= 4 is 21.4 Å². The fourth-order valence-corrected chi connectivity index (χ4v) is 2.77. The first kappa shape index (κ1) is 14.8. The van der Waals surface area contributed by atoms with E-state index in [1.807, 2.05) is 0 Å². The van der Waals surface area contributed by atoms with E-state index >= 15 is 0 Å². The zero-order chi connectivity index (χ0) is 15.5. The van der Waals surface area contributed by atoms with Crippen molar-refractivity contribution in [2.75, 3.05) is 24.7 Å². The van der Waals surface area contributed by atoms with Gasteiger partial charge in [-0.05, 0) is 17.3 Å². The number of nitrogen functional groups attached to an aromatic ring is 1. The van der Waals surface area contributed by atoms with E-state index in [-0.39, 0.29) is 28.0 Å². The molecule has 3 N–H and O–H groups in total. The fraction of sp³-hybridized carbons (Fsp3) is 0.182. The predicted molar refractivity (Wildman–Crippen MR) is 74.6 cm³/mol. The van der Waals surface area contributed by atoms with Crippen LogP contribution in [0.25, 0.3) is 0 Å². The van der Waals surface area contributed by atoms with Gasteiger partial charge in [-0.1, -0.05) is 22.3 Å². The molecule has 0 atom stereocenters. The molecule has 0 fully saturated rings. The minimum atomic E-state index is -3.95. The van der Waals surface area contributed by atoms with Gasteiger partial charge in [0.1, 0.15) is 4.90 Å². The number of aromatic nitrogens is 3. The quantitative estimate of drug-likeness (QED) is 0.753. The molecule has 0 spiro atoms. The molecule has 0 bridgehead atoms. The van der Waals surface area contributed by atoms with Gasteiger partial charge < -0.3 is 15.2 Å². The minimum absolute atomic E-state index is 0.0572. The molecule has 0 radical (unpaired) electrons. The highest BCUT2D eigenvalue weighted by atomic mass is 32.2. The number of para-hydroxylation sites is 1. The van der Waals surface area contributed by atoms with E-state index in [1.165, 1.54) is 26.4 Å². The summed E-state index contributed by atoms with van der Waals surface area (Å²) in [4.78, 5) is -0.0779. The predicted octanol–water partition coefficient (Wildman–Crippen LogP) is 0.272. The summed E-state index contributed by atoms with van der Waals surface area (Å²) in [5.41, 5.74) is 5.73. The van der Waals surface area contributed by atoms with Crippen molar-refractivity contribution in [2.45, 2.75) is 4.90 Å². The number of hydrogen-bond acceptors (Lipinski definition) is 8. The van der Waals surface area contributed by atoms with Crippen molar-refractivity contribution in [3.63, 3.8) is 0 Å². The third-order valence-corrected chi connectivity index (χ3v) is 3.95. The lowest BCUT2D eigenvalue weighted by Gasteiger charge is -2.13. The van der Waals surface area contributed by atoms with Crippen LogP contribution in [0.4, 0.5) is 11.4 Å². The Labute approximate surface area is 121 Å². The highest BCUT2D eigenvalue weighted by Gasteiger charge is 2.23. The molecule has 21 heavy (non-hydrogen) atoms. The van der Waals surface area contributed by atoms with Gasteiger partial charge in [0, 0.05) is 0 Å². The zero-order valence-electron chi connectivity index (χ0n) is 11.3. The Morgan fingerprint density at radius 1 is 1.10 bits per heavy atom. The number of hydrogen-bond donors (Lipinski definition) is 2. The SMILES string of the molecule is COc1nnnc(OC)c1NS(=O)(=O)c1ccccc1N. The molecule has 0 aliphatic carbocycles. The smallest absolute Gasteiger partial charge is 0.265 e. The molecule has 1 aromatic heterocycles. The number of sulfonamides is 1. The van der Waals surface area contributed by atoms with Crippen LogP contribution in [0.3, 0.4) is 0 Å². The average molecular weight is 311 g/mol. The van der Waals surface area contributed by atoms with Crippen molar-refractivity contribution in [3.8, 4) is 11.8 Å². The molecule has 0 aliphatic rings. The summed E-state index contributed by atoms with van der Waals surface area (Å²) in [7, 11) is -1.32. The largest absolute Gasteiger partial charge is 0.478 e. The van der Waals surface area contributed by atoms with Gasteiger partial charge in [-0.3, -0.25) is 4.72 Å². The van der Waals surface area contributed by atoms with E-state index in [0.29, 0.717) is 0 Å². The molecule has 1 heterocycles. The van der Waals surface area contributed by atoms with Crippen LogP contribution in [0.15, 0.2) is 29.2 Å². The molecule has 112 valence electrons. The molecule has 2 rings (SSSR count). The summed E-state index contributed by atoms with van der Waals surface area (Å²) in [5, 5.41) is 10.6. The standard InChI is InChI=1S/C11H13N5O4S/c1-19-10-9(11(20-2)14-16-13-10)15-21(17,18)8-6-4-3-5-7(8)12/h3-6H,12H2,1-2H3,(H,15,16). The summed E-state index contributed by atoms with van der Waals surface area (Å²) < 4.78 is 36.9. The van der Waals surface area contributed by atoms with E-state index in [4.69, 9.17) is 15.2 Å². The third kappa shape index (κ3) is 2.94. The zero-order valence-corrected chi connectivity index (χ0v) is 12.1. The first-order chi connectivity index (χ1) is 9.99. The Morgan fingerprint density at radius 2 is 1.67 bits per heavy atom. The number of benzene rings is 1. The topological polar surface area (TPSA) is 129 Å². The van der Waals surface area contributed by atoms with Crippen LogP contribution >= 0.6 is 0 Å². The Balaban J connectivity index is 2.49. The fourth-order valence-electron chi connectivity index (χ4n) is 1.58. The van der Waals surface area contributed by atoms with Gasteiger partial charge in [-0.15, -0.1) is 0 Å². The van der Waals surface area contributed by atoms with Crippen molar-refractivity contribution in [1.29, 1.82) is 0 Å². The number of anilines is 2. The van der Waals surface area contributed by atoms with Crippen LogP contribution in [0.1, 0.15) is 0 Å². The Kier molecular flexibility index (Phi) is 4.08. The van der Waals surface area contributed by atoms with Gasteiger partial charge in [0.25, 0.3) is 21.8 Å². The van der Waals surface area contributed by atoms with E-state index in [1.54, 1.807) is 12.1 Å².